The molecule has 3 nitrogen and oxygen atoms in total. The summed E-state index contributed by atoms with van der Waals surface area (Å²) in [4.78, 5) is 0.416. The number of alkyl halides is 1. The van der Waals surface area contributed by atoms with Crippen molar-refractivity contribution >= 4 is 21.6 Å². The molecule has 1 fully saturated rings. The highest BCUT2D eigenvalue weighted by Gasteiger charge is 2.35. The Hall–Kier alpha value is -0.580. The fourth-order valence-corrected chi connectivity index (χ4v) is 4.80. The van der Waals surface area contributed by atoms with E-state index >= 15 is 0 Å². The monoisotopic (exact) mass is 287 g/mol. The van der Waals surface area contributed by atoms with Crippen LogP contribution in [0.25, 0.3) is 0 Å². The summed E-state index contributed by atoms with van der Waals surface area (Å²) in [5.74, 6) is 0.365. The molecule has 1 aliphatic heterocycles. The third kappa shape index (κ3) is 2.42. The summed E-state index contributed by atoms with van der Waals surface area (Å²) in [5, 5.41) is 0. The van der Waals surface area contributed by atoms with Crippen molar-refractivity contribution in [2.24, 2.45) is 0 Å². The lowest BCUT2D eigenvalue weighted by Crippen LogP contribution is -2.36. The number of sulfonamides is 1. The number of benzene rings is 1. The molecule has 1 aromatic carbocycles. The second-order valence-corrected chi connectivity index (χ2v) is 7.00. The van der Waals surface area contributed by atoms with Crippen LogP contribution < -0.4 is 0 Å². The molecule has 0 spiro atoms. The summed E-state index contributed by atoms with van der Waals surface area (Å²) >= 11 is 5.86. The van der Waals surface area contributed by atoms with E-state index in [-0.39, 0.29) is 6.04 Å². The van der Waals surface area contributed by atoms with Gasteiger partial charge in [0.15, 0.2) is 0 Å². The van der Waals surface area contributed by atoms with E-state index in [0.717, 1.165) is 24.0 Å². The van der Waals surface area contributed by atoms with Crippen LogP contribution in [-0.2, 0) is 10.0 Å². The Balaban J connectivity index is 2.45. The van der Waals surface area contributed by atoms with Crippen molar-refractivity contribution < 1.29 is 8.42 Å². The van der Waals surface area contributed by atoms with Crippen LogP contribution in [0.15, 0.2) is 23.1 Å². The fraction of sp³-hybridized carbons (Fsp3) is 0.538. The minimum atomic E-state index is -3.40. The molecule has 0 N–H and O–H groups in total. The molecule has 0 radical (unpaired) electrons. The van der Waals surface area contributed by atoms with Gasteiger partial charge in [0.05, 0.1) is 4.90 Å². The zero-order chi connectivity index (χ0) is 13.3. The molecule has 1 atom stereocenters. The van der Waals surface area contributed by atoms with Crippen molar-refractivity contribution in [3.63, 3.8) is 0 Å². The third-order valence-corrected chi connectivity index (χ3v) is 5.88. The first-order valence-electron chi connectivity index (χ1n) is 6.12. The highest BCUT2D eigenvalue weighted by Crippen LogP contribution is 2.28. The smallest absolute Gasteiger partial charge is 0.207 e. The van der Waals surface area contributed by atoms with Gasteiger partial charge in [-0.25, -0.2) is 8.42 Å². The Labute approximate surface area is 114 Å². The Morgan fingerprint density at radius 1 is 1.39 bits per heavy atom. The standard InChI is InChI=1S/C13H18ClNO2S/c1-10-5-6-11(2)13(8-10)18(16,17)15-7-3-4-12(15)9-14/h5-6,8,12H,3-4,7,9H2,1-2H3. The highest BCUT2D eigenvalue weighted by atomic mass is 35.5. The van der Waals surface area contributed by atoms with E-state index in [4.69, 9.17) is 11.6 Å². The summed E-state index contributed by atoms with van der Waals surface area (Å²) in [6.07, 6.45) is 1.75. The molecule has 2 rings (SSSR count). The predicted molar refractivity (Wildman–Crippen MR) is 73.5 cm³/mol. The van der Waals surface area contributed by atoms with Gasteiger partial charge >= 0.3 is 0 Å². The Morgan fingerprint density at radius 3 is 2.78 bits per heavy atom. The van der Waals surface area contributed by atoms with E-state index in [2.05, 4.69) is 0 Å². The maximum absolute atomic E-state index is 12.6. The van der Waals surface area contributed by atoms with Crippen molar-refractivity contribution in [1.29, 1.82) is 0 Å². The normalized spacial score (nSPS) is 21.4. The molecule has 5 heteroatoms. The average molecular weight is 288 g/mol. The molecule has 1 aliphatic rings. The molecule has 1 unspecified atom stereocenters. The lowest BCUT2D eigenvalue weighted by Gasteiger charge is -2.23. The maximum atomic E-state index is 12.6. The lowest BCUT2D eigenvalue weighted by molar-refractivity contribution is 0.411. The van der Waals surface area contributed by atoms with Gasteiger partial charge in [0.1, 0.15) is 0 Å². The van der Waals surface area contributed by atoms with E-state index in [1.807, 2.05) is 26.0 Å². The topological polar surface area (TPSA) is 37.4 Å². The van der Waals surface area contributed by atoms with E-state index < -0.39 is 10.0 Å². The molecule has 0 amide bonds. The summed E-state index contributed by atoms with van der Waals surface area (Å²) in [7, 11) is -3.40. The molecule has 0 bridgehead atoms. The average Bonchev–Trinajstić information content (AvgIpc) is 2.81. The van der Waals surface area contributed by atoms with Gasteiger partial charge in [-0.15, -0.1) is 11.6 Å². The highest BCUT2D eigenvalue weighted by molar-refractivity contribution is 7.89. The zero-order valence-corrected chi connectivity index (χ0v) is 12.3. The Kier molecular flexibility index (Phi) is 3.99. The quantitative estimate of drug-likeness (QED) is 0.802. The number of nitrogens with zero attached hydrogens (tertiary/aromatic N) is 1. The lowest BCUT2D eigenvalue weighted by atomic mass is 10.2. The fourth-order valence-electron chi connectivity index (χ4n) is 2.39. The first-order valence-corrected chi connectivity index (χ1v) is 8.09. The van der Waals surface area contributed by atoms with Gasteiger partial charge in [-0.3, -0.25) is 0 Å². The van der Waals surface area contributed by atoms with Crippen LogP contribution in [0.2, 0.25) is 0 Å². The number of hydrogen-bond donors (Lipinski definition) is 0. The largest absolute Gasteiger partial charge is 0.243 e. The summed E-state index contributed by atoms with van der Waals surface area (Å²) in [6, 6.07) is 5.47. The van der Waals surface area contributed by atoms with Crippen LogP contribution in [0.5, 0.6) is 0 Å². The number of aryl methyl sites for hydroxylation is 2. The van der Waals surface area contributed by atoms with Gasteiger partial charge in [-0.2, -0.15) is 4.31 Å². The van der Waals surface area contributed by atoms with Gasteiger partial charge in [0.2, 0.25) is 10.0 Å². The van der Waals surface area contributed by atoms with Crippen molar-refractivity contribution in [1.82, 2.24) is 4.31 Å². The van der Waals surface area contributed by atoms with Crippen LogP contribution in [0.1, 0.15) is 24.0 Å². The molecule has 1 heterocycles. The SMILES string of the molecule is Cc1ccc(C)c(S(=O)(=O)N2CCCC2CCl)c1. The number of halogens is 1. The van der Waals surface area contributed by atoms with Gasteiger partial charge < -0.3 is 0 Å². The molecule has 0 saturated carbocycles. The van der Waals surface area contributed by atoms with Gasteiger partial charge in [0, 0.05) is 18.5 Å². The minimum Gasteiger partial charge on any atom is -0.207 e. The molecule has 1 aromatic rings. The number of hydrogen-bond acceptors (Lipinski definition) is 2. The summed E-state index contributed by atoms with van der Waals surface area (Å²) in [6.45, 7) is 4.31. The Bertz CT molecular complexity index is 542. The van der Waals surface area contributed by atoms with Crippen molar-refractivity contribution in [2.45, 2.75) is 37.6 Å². The minimum absolute atomic E-state index is 0.0587. The molecule has 18 heavy (non-hydrogen) atoms. The second kappa shape index (κ2) is 5.19. The van der Waals surface area contributed by atoms with Crippen LogP contribution in [0.4, 0.5) is 0 Å². The van der Waals surface area contributed by atoms with E-state index in [1.54, 1.807) is 10.4 Å². The van der Waals surface area contributed by atoms with Crippen LogP contribution in [0, 0.1) is 13.8 Å². The molecular formula is C13H18ClNO2S. The summed E-state index contributed by atoms with van der Waals surface area (Å²) < 4.78 is 26.8. The molecular weight excluding hydrogens is 270 g/mol. The van der Waals surface area contributed by atoms with Gasteiger partial charge in [-0.1, -0.05) is 12.1 Å². The van der Waals surface area contributed by atoms with Crippen molar-refractivity contribution in [3.05, 3.63) is 29.3 Å². The van der Waals surface area contributed by atoms with Crippen LogP contribution in [0.3, 0.4) is 0 Å². The van der Waals surface area contributed by atoms with Crippen molar-refractivity contribution in [3.8, 4) is 0 Å². The third-order valence-electron chi connectivity index (χ3n) is 3.43. The van der Waals surface area contributed by atoms with Crippen LogP contribution >= 0.6 is 11.6 Å². The first-order chi connectivity index (χ1) is 8.46. The maximum Gasteiger partial charge on any atom is 0.243 e. The summed E-state index contributed by atoms with van der Waals surface area (Å²) in [5.41, 5.74) is 1.75. The van der Waals surface area contributed by atoms with Crippen molar-refractivity contribution in [2.75, 3.05) is 12.4 Å². The molecule has 100 valence electrons. The number of rotatable bonds is 3. The predicted octanol–water partition coefficient (Wildman–Crippen LogP) is 2.70. The van der Waals surface area contributed by atoms with E-state index in [0.29, 0.717) is 17.3 Å². The van der Waals surface area contributed by atoms with Gasteiger partial charge in [-0.05, 0) is 43.9 Å². The van der Waals surface area contributed by atoms with Crippen LogP contribution in [-0.4, -0.2) is 31.2 Å². The Morgan fingerprint density at radius 2 is 2.11 bits per heavy atom. The molecule has 0 aliphatic carbocycles. The molecule has 0 aromatic heterocycles. The van der Waals surface area contributed by atoms with E-state index in [9.17, 15) is 8.42 Å². The first kappa shape index (κ1) is 13.8. The zero-order valence-electron chi connectivity index (χ0n) is 10.7. The van der Waals surface area contributed by atoms with E-state index in [1.165, 1.54) is 0 Å². The molecule has 1 saturated heterocycles. The second-order valence-electron chi connectivity index (χ2n) is 4.84. The van der Waals surface area contributed by atoms with Gasteiger partial charge in [0.25, 0.3) is 0 Å².